The number of aromatic nitrogens is 2. The quantitative estimate of drug-likeness (QED) is 0.314. The van der Waals surface area contributed by atoms with Gasteiger partial charge in [0.2, 0.25) is 0 Å². The van der Waals surface area contributed by atoms with Crippen LogP contribution in [0, 0.1) is 10.1 Å². The van der Waals surface area contributed by atoms with E-state index in [1.807, 2.05) is 24.3 Å². The zero-order valence-electron chi connectivity index (χ0n) is 16.2. The molecule has 1 aromatic heterocycles. The normalized spacial score (nSPS) is 15.5. The molecular weight excluding hydrogens is 452 g/mol. The number of aromatic amines is 1. The van der Waals surface area contributed by atoms with Gasteiger partial charge >= 0.3 is 0 Å². The Kier molecular flexibility index (Phi) is 5.65. The molecule has 9 heteroatoms. The molecule has 1 amide bonds. The van der Waals surface area contributed by atoms with E-state index in [9.17, 15) is 14.9 Å². The van der Waals surface area contributed by atoms with Gasteiger partial charge in [-0.2, -0.15) is 5.10 Å². The molecule has 1 unspecified atom stereocenters. The topological polar surface area (TPSA) is 101 Å². The zero-order chi connectivity index (χ0) is 21.3. The number of nitro benzene ring substituents is 1. The van der Waals surface area contributed by atoms with Gasteiger partial charge in [-0.3, -0.25) is 20.0 Å². The number of carbonyl (C=O) groups is 1. The molecule has 0 fully saturated rings. The largest absolute Gasteiger partial charge is 0.385 e. The molecular formula is C21H19BrN4O4. The van der Waals surface area contributed by atoms with Crippen molar-refractivity contribution in [2.45, 2.75) is 12.5 Å². The van der Waals surface area contributed by atoms with Crippen molar-refractivity contribution < 1.29 is 14.5 Å². The average Bonchev–Trinajstić information content (AvgIpc) is 3.28. The van der Waals surface area contributed by atoms with E-state index in [0.717, 1.165) is 15.6 Å². The minimum absolute atomic E-state index is 0.0236. The fourth-order valence-electron chi connectivity index (χ4n) is 3.82. The summed E-state index contributed by atoms with van der Waals surface area (Å²) >= 11 is 3.51. The van der Waals surface area contributed by atoms with Gasteiger partial charge in [0.1, 0.15) is 5.69 Å². The van der Waals surface area contributed by atoms with Crippen LogP contribution in [-0.4, -0.2) is 46.2 Å². The maximum absolute atomic E-state index is 13.2. The molecule has 2 aromatic carbocycles. The van der Waals surface area contributed by atoms with Gasteiger partial charge in [-0.1, -0.05) is 40.2 Å². The number of H-pyrrole nitrogens is 1. The highest BCUT2D eigenvalue weighted by atomic mass is 79.9. The number of hydrogen-bond acceptors (Lipinski definition) is 5. The van der Waals surface area contributed by atoms with E-state index < -0.39 is 4.92 Å². The first-order chi connectivity index (χ1) is 14.5. The van der Waals surface area contributed by atoms with Gasteiger partial charge in [-0.05, 0) is 24.1 Å². The monoisotopic (exact) mass is 470 g/mol. The molecule has 1 aliphatic heterocycles. The number of rotatable bonds is 7. The minimum Gasteiger partial charge on any atom is -0.385 e. The van der Waals surface area contributed by atoms with Crippen LogP contribution >= 0.6 is 15.9 Å². The van der Waals surface area contributed by atoms with Gasteiger partial charge in [0.05, 0.1) is 16.7 Å². The van der Waals surface area contributed by atoms with Crippen LogP contribution in [0.4, 0.5) is 5.69 Å². The van der Waals surface area contributed by atoms with Crippen LogP contribution in [0.5, 0.6) is 0 Å². The molecule has 1 N–H and O–H groups in total. The number of halogens is 1. The Balaban J connectivity index is 1.84. The first kappa shape index (κ1) is 20.2. The number of amides is 1. The molecule has 154 valence electrons. The summed E-state index contributed by atoms with van der Waals surface area (Å²) in [4.78, 5) is 25.8. The van der Waals surface area contributed by atoms with Crippen LogP contribution in [0.3, 0.4) is 0 Å². The number of nitrogens with one attached hydrogen (secondary N) is 1. The summed E-state index contributed by atoms with van der Waals surface area (Å²) in [5.74, 6) is -0.143. The van der Waals surface area contributed by atoms with Crippen molar-refractivity contribution in [2.24, 2.45) is 0 Å². The number of hydrogen-bond donors (Lipinski definition) is 1. The Morgan fingerprint density at radius 3 is 2.80 bits per heavy atom. The lowest BCUT2D eigenvalue weighted by Crippen LogP contribution is -2.31. The van der Waals surface area contributed by atoms with Gasteiger partial charge in [-0.25, -0.2) is 0 Å². The predicted molar refractivity (Wildman–Crippen MR) is 114 cm³/mol. The lowest BCUT2D eigenvalue weighted by molar-refractivity contribution is -0.384. The number of methoxy groups -OCH3 is 1. The molecule has 1 atom stereocenters. The van der Waals surface area contributed by atoms with Crippen molar-refractivity contribution >= 4 is 27.5 Å². The van der Waals surface area contributed by atoms with Crippen molar-refractivity contribution in [1.82, 2.24) is 15.1 Å². The van der Waals surface area contributed by atoms with Crippen molar-refractivity contribution in [3.8, 4) is 11.3 Å². The summed E-state index contributed by atoms with van der Waals surface area (Å²) in [6.07, 6.45) is 0.691. The molecule has 30 heavy (non-hydrogen) atoms. The SMILES string of the molecule is COCCCN1C(=O)c2[nH]nc(-c3cccc([N+](=O)[O-])c3)c2C1c1cccc(Br)c1. The van der Waals surface area contributed by atoms with Crippen LogP contribution < -0.4 is 0 Å². The van der Waals surface area contributed by atoms with E-state index in [4.69, 9.17) is 4.74 Å². The zero-order valence-corrected chi connectivity index (χ0v) is 17.8. The van der Waals surface area contributed by atoms with E-state index in [1.165, 1.54) is 12.1 Å². The van der Waals surface area contributed by atoms with Gasteiger partial charge in [0.25, 0.3) is 11.6 Å². The highest BCUT2D eigenvalue weighted by Crippen LogP contribution is 2.43. The predicted octanol–water partition coefficient (Wildman–Crippen LogP) is 4.33. The lowest BCUT2D eigenvalue weighted by Gasteiger charge is -2.26. The summed E-state index contributed by atoms with van der Waals surface area (Å²) in [7, 11) is 1.63. The van der Waals surface area contributed by atoms with E-state index in [2.05, 4.69) is 26.1 Å². The molecule has 0 spiro atoms. The summed E-state index contributed by atoms with van der Waals surface area (Å²) in [6.45, 7) is 1.06. The van der Waals surface area contributed by atoms with Crippen molar-refractivity contribution in [1.29, 1.82) is 0 Å². The lowest BCUT2D eigenvalue weighted by atomic mass is 9.96. The molecule has 1 aliphatic rings. The van der Waals surface area contributed by atoms with Gasteiger partial charge in [0.15, 0.2) is 0 Å². The molecule has 0 saturated heterocycles. The third-order valence-electron chi connectivity index (χ3n) is 5.11. The van der Waals surface area contributed by atoms with Crippen molar-refractivity contribution in [2.75, 3.05) is 20.3 Å². The van der Waals surface area contributed by atoms with Crippen LogP contribution in [0.25, 0.3) is 11.3 Å². The van der Waals surface area contributed by atoms with Gasteiger partial charge in [-0.15, -0.1) is 0 Å². The third kappa shape index (κ3) is 3.61. The summed E-state index contributed by atoms with van der Waals surface area (Å²) in [5.41, 5.74) is 3.19. The molecule has 4 rings (SSSR count). The van der Waals surface area contributed by atoms with E-state index in [-0.39, 0.29) is 17.6 Å². The molecule has 0 saturated carbocycles. The summed E-state index contributed by atoms with van der Waals surface area (Å²) in [6, 6.07) is 13.7. The van der Waals surface area contributed by atoms with Crippen LogP contribution in [-0.2, 0) is 4.74 Å². The standard InChI is InChI=1S/C21H19BrN4O4/c1-30-10-4-9-25-20(14-6-2-7-15(22)11-14)17-18(23-24-19(17)21(25)27)13-5-3-8-16(12-13)26(28)29/h2-3,5-8,11-12,20H,4,9-10H2,1H3,(H,23,24). The number of nitrogens with zero attached hydrogens (tertiary/aromatic N) is 3. The Bertz CT molecular complexity index is 1110. The third-order valence-corrected chi connectivity index (χ3v) is 5.60. The second-order valence-corrected chi connectivity index (χ2v) is 7.89. The average molecular weight is 471 g/mol. The van der Waals surface area contributed by atoms with E-state index in [0.29, 0.717) is 36.5 Å². The van der Waals surface area contributed by atoms with Crippen LogP contribution in [0.15, 0.2) is 53.0 Å². The fourth-order valence-corrected chi connectivity index (χ4v) is 4.23. The number of ether oxygens (including phenoxy) is 1. The van der Waals surface area contributed by atoms with E-state index >= 15 is 0 Å². The fraction of sp³-hybridized carbons (Fsp3) is 0.238. The second-order valence-electron chi connectivity index (χ2n) is 6.97. The number of nitro groups is 1. The Hall–Kier alpha value is -3.04. The first-order valence-electron chi connectivity index (χ1n) is 9.39. The smallest absolute Gasteiger partial charge is 0.273 e. The molecule has 0 radical (unpaired) electrons. The van der Waals surface area contributed by atoms with Crippen molar-refractivity contribution in [3.05, 3.63) is 79.9 Å². The Labute approximate surface area is 181 Å². The molecule has 8 nitrogen and oxygen atoms in total. The number of benzene rings is 2. The van der Waals surface area contributed by atoms with E-state index in [1.54, 1.807) is 24.1 Å². The summed E-state index contributed by atoms with van der Waals surface area (Å²) in [5, 5.41) is 18.4. The Morgan fingerprint density at radius 2 is 2.07 bits per heavy atom. The first-order valence-corrected chi connectivity index (χ1v) is 10.2. The maximum atomic E-state index is 13.2. The highest BCUT2D eigenvalue weighted by Gasteiger charge is 2.42. The van der Waals surface area contributed by atoms with Gasteiger partial charge in [0, 0.05) is 48.0 Å². The molecule has 2 heterocycles. The summed E-state index contributed by atoms with van der Waals surface area (Å²) < 4.78 is 6.06. The molecule has 3 aromatic rings. The highest BCUT2D eigenvalue weighted by molar-refractivity contribution is 9.10. The van der Waals surface area contributed by atoms with Crippen LogP contribution in [0.1, 0.15) is 34.1 Å². The number of fused-ring (bicyclic) bond motifs is 1. The molecule has 0 bridgehead atoms. The minimum atomic E-state index is -0.440. The van der Waals surface area contributed by atoms with Gasteiger partial charge < -0.3 is 9.64 Å². The number of non-ortho nitro benzene ring substituents is 1. The Morgan fingerprint density at radius 1 is 1.27 bits per heavy atom. The van der Waals surface area contributed by atoms with Crippen molar-refractivity contribution in [3.63, 3.8) is 0 Å². The number of carbonyl (C=O) groups excluding carboxylic acids is 1. The maximum Gasteiger partial charge on any atom is 0.273 e. The second kappa shape index (κ2) is 8.37. The van der Waals surface area contributed by atoms with Crippen LogP contribution in [0.2, 0.25) is 0 Å². The molecule has 0 aliphatic carbocycles.